The molecule has 2 aromatic carbocycles. The van der Waals surface area contributed by atoms with Gasteiger partial charge in [-0.1, -0.05) is 18.7 Å². The van der Waals surface area contributed by atoms with Crippen molar-refractivity contribution in [2.45, 2.75) is 25.9 Å². The van der Waals surface area contributed by atoms with Gasteiger partial charge >= 0.3 is 0 Å². The molecule has 0 aliphatic carbocycles. The van der Waals surface area contributed by atoms with Crippen LogP contribution in [-0.2, 0) is 11.8 Å². The smallest absolute Gasteiger partial charge is 0.246 e. The highest BCUT2D eigenvalue weighted by Crippen LogP contribution is 2.48. The number of hydrogen-bond acceptors (Lipinski definition) is 7. The highest BCUT2D eigenvalue weighted by atomic mass is 32.1. The lowest BCUT2D eigenvalue weighted by molar-refractivity contribution is -0.129. The fraction of sp³-hybridized carbons (Fsp3) is 0.235. The Hall–Kier alpha value is -4.94. The molecule has 0 spiro atoms. The van der Waals surface area contributed by atoms with E-state index in [1.54, 1.807) is 15.8 Å². The van der Waals surface area contributed by atoms with E-state index in [4.69, 9.17) is 14.8 Å². The van der Waals surface area contributed by atoms with Crippen LogP contribution in [0.5, 0.6) is 5.75 Å². The predicted octanol–water partition coefficient (Wildman–Crippen LogP) is 6.68. The number of amides is 1. The number of benzene rings is 2. The fourth-order valence-electron chi connectivity index (χ4n) is 6.28. The van der Waals surface area contributed by atoms with Gasteiger partial charge in [0, 0.05) is 52.3 Å². The molecule has 9 nitrogen and oxygen atoms in total. The molecule has 0 bridgehead atoms. The molecule has 1 aliphatic heterocycles. The lowest BCUT2D eigenvalue weighted by atomic mass is 9.96. The van der Waals surface area contributed by atoms with Gasteiger partial charge in [0.2, 0.25) is 5.91 Å². The molecule has 234 valence electrons. The SMILES string of the molecule is C=CC(=O)N1CC(C)n2nc(-c3nc(-c4ccc5cnn(C)c5c4)c4ccsc4c3-c3c(F)cc(F)cc3OCCO)cc2C1C. The minimum Gasteiger partial charge on any atom is -0.490 e. The monoisotopic (exact) mass is 640 g/mol. The Kier molecular flexibility index (Phi) is 7.41. The fourth-order valence-corrected chi connectivity index (χ4v) is 7.23. The highest BCUT2D eigenvalue weighted by molar-refractivity contribution is 7.18. The van der Waals surface area contributed by atoms with Gasteiger partial charge in [-0.05, 0) is 43.5 Å². The average Bonchev–Trinajstić information content (AvgIpc) is 3.80. The Morgan fingerprint density at radius 1 is 1.15 bits per heavy atom. The predicted molar refractivity (Wildman–Crippen MR) is 174 cm³/mol. The van der Waals surface area contributed by atoms with Crippen LogP contribution in [0, 0.1) is 11.6 Å². The van der Waals surface area contributed by atoms with Crippen LogP contribution in [0.1, 0.15) is 31.6 Å². The number of nitrogens with zero attached hydrogens (tertiary/aromatic N) is 6. The summed E-state index contributed by atoms with van der Waals surface area (Å²) in [4.78, 5) is 19.6. The maximum absolute atomic E-state index is 16.0. The van der Waals surface area contributed by atoms with Gasteiger partial charge < -0.3 is 14.7 Å². The van der Waals surface area contributed by atoms with E-state index in [-0.39, 0.29) is 42.5 Å². The third-order valence-electron chi connectivity index (χ3n) is 8.49. The van der Waals surface area contributed by atoms with Crippen molar-refractivity contribution >= 4 is 38.2 Å². The maximum Gasteiger partial charge on any atom is 0.246 e. The summed E-state index contributed by atoms with van der Waals surface area (Å²) in [5, 5.41) is 22.5. The van der Waals surface area contributed by atoms with Gasteiger partial charge in [0.25, 0.3) is 0 Å². The van der Waals surface area contributed by atoms with Gasteiger partial charge in [-0.15, -0.1) is 11.3 Å². The molecule has 46 heavy (non-hydrogen) atoms. The van der Waals surface area contributed by atoms with Crippen LogP contribution in [0.15, 0.2) is 66.7 Å². The zero-order chi connectivity index (χ0) is 32.3. The van der Waals surface area contributed by atoms with E-state index in [0.29, 0.717) is 33.9 Å². The maximum atomic E-state index is 16.0. The highest BCUT2D eigenvalue weighted by Gasteiger charge is 2.34. The third-order valence-corrected chi connectivity index (χ3v) is 9.42. The number of ether oxygens (including phenoxy) is 1. The van der Waals surface area contributed by atoms with Crippen molar-refractivity contribution in [3.8, 4) is 39.5 Å². The molecule has 0 saturated heterocycles. The van der Waals surface area contributed by atoms with E-state index in [0.717, 1.165) is 39.7 Å². The van der Waals surface area contributed by atoms with Crippen LogP contribution >= 0.6 is 11.3 Å². The van der Waals surface area contributed by atoms with Gasteiger partial charge in [0.05, 0.1) is 47.4 Å². The summed E-state index contributed by atoms with van der Waals surface area (Å²) in [6, 6.07) is 11.2. The van der Waals surface area contributed by atoms with Crippen LogP contribution in [0.3, 0.4) is 0 Å². The van der Waals surface area contributed by atoms with E-state index in [1.165, 1.54) is 17.4 Å². The Morgan fingerprint density at radius 2 is 1.98 bits per heavy atom. The number of hydrogen-bond donors (Lipinski definition) is 1. The lowest BCUT2D eigenvalue weighted by Gasteiger charge is -2.36. The van der Waals surface area contributed by atoms with E-state index < -0.39 is 11.6 Å². The van der Waals surface area contributed by atoms with Crippen molar-refractivity contribution in [3.05, 3.63) is 84.0 Å². The number of pyridine rings is 1. The minimum atomic E-state index is -0.830. The molecular formula is C34H30F2N6O3S. The summed E-state index contributed by atoms with van der Waals surface area (Å²) in [6.45, 7) is 7.50. The molecule has 5 heterocycles. The zero-order valence-electron chi connectivity index (χ0n) is 25.4. The van der Waals surface area contributed by atoms with Crippen LogP contribution in [0.4, 0.5) is 8.78 Å². The normalized spacial score (nSPS) is 16.3. The number of aromatic nitrogens is 5. The summed E-state index contributed by atoms with van der Waals surface area (Å²) in [6.07, 6.45) is 3.10. The first-order valence-corrected chi connectivity index (χ1v) is 15.7. The topological polar surface area (TPSA) is 98.3 Å². The Bertz CT molecular complexity index is 2170. The van der Waals surface area contributed by atoms with Gasteiger partial charge in [-0.2, -0.15) is 10.2 Å². The molecule has 1 amide bonds. The first-order valence-electron chi connectivity index (χ1n) is 14.8. The molecule has 0 fully saturated rings. The van der Waals surface area contributed by atoms with Crippen LogP contribution < -0.4 is 4.74 Å². The largest absolute Gasteiger partial charge is 0.490 e. The molecule has 6 aromatic rings. The Balaban J connectivity index is 1.54. The number of fused-ring (bicyclic) bond motifs is 3. The summed E-state index contributed by atoms with van der Waals surface area (Å²) in [7, 11) is 1.87. The first kappa shape index (κ1) is 29.8. The molecule has 1 N–H and O–H groups in total. The quantitative estimate of drug-likeness (QED) is 0.196. The number of aryl methyl sites for hydroxylation is 1. The van der Waals surface area contributed by atoms with Crippen molar-refractivity contribution in [1.29, 1.82) is 0 Å². The first-order chi connectivity index (χ1) is 22.2. The second-order valence-corrected chi connectivity index (χ2v) is 12.3. The summed E-state index contributed by atoms with van der Waals surface area (Å²) >= 11 is 1.40. The van der Waals surface area contributed by atoms with Crippen molar-refractivity contribution in [1.82, 2.24) is 29.4 Å². The van der Waals surface area contributed by atoms with Crippen molar-refractivity contribution < 1.29 is 23.4 Å². The number of rotatable bonds is 7. The number of halogens is 2. The van der Waals surface area contributed by atoms with Crippen LogP contribution in [0.25, 0.3) is 54.8 Å². The van der Waals surface area contributed by atoms with Crippen molar-refractivity contribution in [2.75, 3.05) is 19.8 Å². The number of aliphatic hydroxyl groups excluding tert-OH is 1. The number of carbonyl (C=O) groups excluding carboxylic acids is 1. The molecule has 2 atom stereocenters. The van der Waals surface area contributed by atoms with Crippen molar-refractivity contribution in [2.24, 2.45) is 7.05 Å². The average molecular weight is 641 g/mol. The standard InChI is InChI=1S/C34H30F2N6O3S/c1-5-29(44)41-17-18(2)42-26(19(41)3)15-25(39-42)33-31(30-24(36)13-22(35)14-28(30)45-10-9-43)34-23(8-11-46-34)32(38-33)20-6-7-21-16-37-40(4)27(21)12-20/h5-8,11-16,18-19,43H,1,9-10,17H2,2-4H3. The Labute approximate surface area is 267 Å². The molecular weight excluding hydrogens is 610 g/mol. The van der Waals surface area contributed by atoms with E-state index in [1.807, 2.05) is 61.3 Å². The summed E-state index contributed by atoms with van der Waals surface area (Å²) in [5.41, 5.74) is 4.46. The molecule has 0 radical (unpaired) electrons. The second kappa shape index (κ2) is 11.5. The van der Waals surface area contributed by atoms with Gasteiger partial charge in [-0.25, -0.2) is 13.8 Å². The van der Waals surface area contributed by atoms with E-state index in [9.17, 15) is 14.3 Å². The molecule has 2 unspecified atom stereocenters. The molecule has 7 rings (SSSR count). The van der Waals surface area contributed by atoms with Crippen LogP contribution in [-0.4, -0.2) is 60.2 Å². The van der Waals surface area contributed by atoms with Gasteiger partial charge in [-0.3, -0.25) is 14.2 Å². The molecule has 4 aromatic heterocycles. The summed E-state index contributed by atoms with van der Waals surface area (Å²) in [5.74, 6) is -1.87. The summed E-state index contributed by atoms with van der Waals surface area (Å²) < 4.78 is 40.6. The second-order valence-electron chi connectivity index (χ2n) is 11.3. The number of carbonyl (C=O) groups is 1. The number of thiophene rings is 1. The lowest BCUT2D eigenvalue weighted by Crippen LogP contribution is -2.42. The van der Waals surface area contributed by atoms with Crippen LogP contribution in [0.2, 0.25) is 0 Å². The number of aliphatic hydroxyl groups is 1. The third kappa shape index (κ3) is 4.76. The van der Waals surface area contributed by atoms with Gasteiger partial charge in [0.15, 0.2) is 0 Å². The van der Waals surface area contributed by atoms with E-state index >= 15 is 4.39 Å². The minimum absolute atomic E-state index is 0.0222. The molecule has 12 heteroatoms. The molecule has 0 saturated carbocycles. The Morgan fingerprint density at radius 3 is 2.76 bits per heavy atom. The van der Waals surface area contributed by atoms with Crippen molar-refractivity contribution in [3.63, 3.8) is 0 Å². The van der Waals surface area contributed by atoms with E-state index in [2.05, 4.69) is 11.7 Å². The van der Waals surface area contributed by atoms with Gasteiger partial charge in [0.1, 0.15) is 35.4 Å². The zero-order valence-corrected chi connectivity index (χ0v) is 26.2. The molecule has 1 aliphatic rings.